The van der Waals surface area contributed by atoms with Gasteiger partial charge >= 0.3 is 0 Å². The molecule has 0 saturated carbocycles. The Labute approximate surface area is 97.0 Å². The SMILES string of the molecule is OCC1CC/C=C\CC(c2ccccc2)N1. The van der Waals surface area contributed by atoms with Gasteiger partial charge in [0.15, 0.2) is 0 Å². The first-order valence-corrected chi connectivity index (χ1v) is 5.97. The van der Waals surface area contributed by atoms with Crippen molar-refractivity contribution < 1.29 is 5.11 Å². The number of rotatable bonds is 2. The Morgan fingerprint density at radius 3 is 2.75 bits per heavy atom. The van der Waals surface area contributed by atoms with Crippen LogP contribution in [-0.2, 0) is 0 Å². The van der Waals surface area contributed by atoms with Crippen LogP contribution in [0.1, 0.15) is 30.9 Å². The molecule has 86 valence electrons. The predicted octanol–water partition coefficient (Wildman–Crippen LogP) is 2.42. The summed E-state index contributed by atoms with van der Waals surface area (Å²) in [5.74, 6) is 0. The molecule has 16 heavy (non-hydrogen) atoms. The van der Waals surface area contributed by atoms with Gasteiger partial charge in [-0.3, -0.25) is 0 Å². The van der Waals surface area contributed by atoms with Crippen molar-refractivity contribution in [3.63, 3.8) is 0 Å². The molecule has 1 aliphatic rings. The molecule has 2 atom stereocenters. The van der Waals surface area contributed by atoms with E-state index in [1.807, 2.05) is 6.07 Å². The Morgan fingerprint density at radius 2 is 2.00 bits per heavy atom. The van der Waals surface area contributed by atoms with Gasteiger partial charge in [-0.05, 0) is 24.8 Å². The molecule has 2 rings (SSSR count). The number of hydrogen-bond acceptors (Lipinski definition) is 2. The quantitative estimate of drug-likeness (QED) is 0.746. The van der Waals surface area contributed by atoms with Crippen LogP contribution in [0.2, 0.25) is 0 Å². The maximum atomic E-state index is 9.29. The summed E-state index contributed by atoms with van der Waals surface area (Å²) in [5, 5.41) is 12.8. The third-order valence-electron chi connectivity index (χ3n) is 3.08. The van der Waals surface area contributed by atoms with E-state index >= 15 is 0 Å². The van der Waals surface area contributed by atoms with Gasteiger partial charge in [0, 0.05) is 12.1 Å². The largest absolute Gasteiger partial charge is 0.395 e. The van der Waals surface area contributed by atoms with E-state index in [1.54, 1.807) is 0 Å². The average molecular weight is 217 g/mol. The van der Waals surface area contributed by atoms with Crippen molar-refractivity contribution in [1.82, 2.24) is 5.32 Å². The molecule has 0 spiro atoms. The van der Waals surface area contributed by atoms with Crippen LogP contribution in [-0.4, -0.2) is 17.8 Å². The third-order valence-corrected chi connectivity index (χ3v) is 3.08. The van der Waals surface area contributed by atoms with Crippen LogP contribution < -0.4 is 5.32 Å². The smallest absolute Gasteiger partial charge is 0.0584 e. The Morgan fingerprint density at radius 1 is 1.19 bits per heavy atom. The maximum Gasteiger partial charge on any atom is 0.0584 e. The second kappa shape index (κ2) is 5.83. The van der Waals surface area contributed by atoms with Gasteiger partial charge in [-0.15, -0.1) is 0 Å². The van der Waals surface area contributed by atoms with Crippen molar-refractivity contribution in [3.05, 3.63) is 48.0 Å². The summed E-state index contributed by atoms with van der Waals surface area (Å²) in [5.41, 5.74) is 1.30. The highest BCUT2D eigenvalue weighted by molar-refractivity contribution is 5.20. The number of hydrogen-bond donors (Lipinski definition) is 2. The van der Waals surface area contributed by atoms with Crippen LogP contribution in [0.25, 0.3) is 0 Å². The van der Waals surface area contributed by atoms with E-state index < -0.39 is 0 Å². The molecule has 1 heterocycles. The minimum atomic E-state index is 0.218. The summed E-state index contributed by atoms with van der Waals surface area (Å²) in [6, 6.07) is 11.0. The predicted molar refractivity (Wildman–Crippen MR) is 66.2 cm³/mol. The molecule has 2 heteroatoms. The van der Waals surface area contributed by atoms with Gasteiger partial charge in [0.05, 0.1) is 6.61 Å². The topological polar surface area (TPSA) is 32.3 Å². The lowest BCUT2D eigenvalue weighted by Crippen LogP contribution is -2.36. The molecule has 1 aliphatic heterocycles. The van der Waals surface area contributed by atoms with Crippen LogP contribution in [0.3, 0.4) is 0 Å². The molecule has 0 aromatic heterocycles. The highest BCUT2D eigenvalue weighted by Crippen LogP contribution is 2.20. The van der Waals surface area contributed by atoms with Gasteiger partial charge < -0.3 is 10.4 Å². The number of allylic oxidation sites excluding steroid dienone is 1. The van der Waals surface area contributed by atoms with Gasteiger partial charge in [-0.2, -0.15) is 0 Å². The summed E-state index contributed by atoms with van der Waals surface area (Å²) in [7, 11) is 0. The number of aliphatic hydroxyl groups excluding tert-OH is 1. The van der Waals surface area contributed by atoms with Crippen LogP contribution >= 0.6 is 0 Å². The van der Waals surface area contributed by atoms with E-state index in [0.29, 0.717) is 6.04 Å². The Hall–Kier alpha value is -1.12. The molecule has 0 fully saturated rings. The fraction of sp³-hybridized carbons (Fsp3) is 0.429. The van der Waals surface area contributed by atoms with Gasteiger partial charge in [0.2, 0.25) is 0 Å². The molecule has 1 aromatic rings. The normalized spacial score (nSPS) is 28.1. The van der Waals surface area contributed by atoms with Crippen molar-refractivity contribution in [2.75, 3.05) is 6.61 Å². The first-order chi connectivity index (χ1) is 7.90. The van der Waals surface area contributed by atoms with Crippen LogP contribution in [0.15, 0.2) is 42.5 Å². The Bertz CT molecular complexity index is 334. The second-order valence-electron chi connectivity index (χ2n) is 4.29. The summed E-state index contributed by atoms with van der Waals surface area (Å²) < 4.78 is 0. The van der Waals surface area contributed by atoms with Crippen LogP contribution in [0, 0.1) is 0 Å². The molecule has 0 radical (unpaired) electrons. The van der Waals surface area contributed by atoms with Gasteiger partial charge in [-0.25, -0.2) is 0 Å². The van der Waals surface area contributed by atoms with Gasteiger partial charge in [-0.1, -0.05) is 42.5 Å². The van der Waals surface area contributed by atoms with E-state index in [2.05, 4.69) is 41.7 Å². The molecule has 0 saturated heterocycles. The molecule has 0 aliphatic carbocycles. The van der Waals surface area contributed by atoms with E-state index in [4.69, 9.17) is 0 Å². The standard InChI is InChI=1S/C14H19NO/c16-11-13-9-5-2-6-10-14(15-13)12-7-3-1-4-8-12/h1-4,6-8,13-16H,5,9-11H2/b6-2-. The van der Waals surface area contributed by atoms with Crippen molar-refractivity contribution in [1.29, 1.82) is 0 Å². The maximum absolute atomic E-state index is 9.29. The summed E-state index contributed by atoms with van der Waals surface area (Å²) in [4.78, 5) is 0. The lowest BCUT2D eigenvalue weighted by atomic mass is 9.99. The zero-order valence-electron chi connectivity index (χ0n) is 9.47. The van der Waals surface area contributed by atoms with Gasteiger partial charge in [0.1, 0.15) is 0 Å². The minimum absolute atomic E-state index is 0.218. The zero-order valence-corrected chi connectivity index (χ0v) is 9.47. The first-order valence-electron chi connectivity index (χ1n) is 5.97. The highest BCUT2D eigenvalue weighted by Gasteiger charge is 2.16. The molecule has 0 amide bonds. The van der Waals surface area contributed by atoms with Crippen molar-refractivity contribution in [2.24, 2.45) is 0 Å². The minimum Gasteiger partial charge on any atom is -0.395 e. The first kappa shape index (κ1) is 11.4. The molecule has 2 N–H and O–H groups in total. The Balaban J connectivity index is 2.12. The van der Waals surface area contributed by atoms with E-state index in [0.717, 1.165) is 19.3 Å². The summed E-state index contributed by atoms with van der Waals surface area (Å²) in [6.07, 6.45) is 7.52. The Kier molecular flexibility index (Phi) is 4.14. The van der Waals surface area contributed by atoms with E-state index in [1.165, 1.54) is 5.56 Å². The molecular formula is C14H19NO. The zero-order chi connectivity index (χ0) is 11.2. The highest BCUT2D eigenvalue weighted by atomic mass is 16.3. The summed E-state index contributed by atoms with van der Waals surface area (Å²) >= 11 is 0. The van der Waals surface area contributed by atoms with Crippen molar-refractivity contribution >= 4 is 0 Å². The molecule has 1 aromatic carbocycles. The molecule has 2 unspecified atom stereocenters. The fourth-order valence-corrected chi connectivity index (χ4v) is 2.15. The lowest BCUT2D eigenvalue weighted by Gasteiger charge is -2.25. The molecule has 0 bridgehead atoms. The summed E-state index contributed by atoms with van der Waals surface area (Å²) in [6.45, 7) is 0.219. The molecule has 2 nitrogen and oxygen atoms in total. The van der Waals surface area contributed by atoms with E-state index in [9.17, 15) is 5.11 Å². The van der Waals surface area contributed by atoms with Crippen LogP contribution in [0.5, 0.6) is 0 Å². The molecular weight excluding hydrogens is 198 g/mol. The van der Waals surface area contributed by atoms with Crippen LogP contribution in [0.4, 0.5) is 0 Å². The number of benzene rings is 1. The monoisotopic (exact) mass is 217 g/mol. The fourth-order valence-electron chi connectivity index (χ4n) is 2.15. The third kappa shape index (κ3) is 2.94. The average Bonchev–Trinajstić information content (AvgIpc) is 2.30. The lowest BCUT2D eigenvalue weighted by molar-refractivity contribution is 0.223. The second-order valence-corrected chi connectivity index (χ2v) is 4.29. The van der Waals surface area contributed by atoms with E-state index in [-0.39, 0.29) is 12.6 Å². The number of nitrogens with one attached hydrogen (secondary N) is 1. The number of aliphatic hydroxyl groups is 1. The van der Waals surface area contributed by atoms with Crippen molar-refractivity contribution in [3.8, 4) is 0 Å². The van der Waals surface area contributed by atoms with Crippen molar-refractivity contribution in [2.45, 2.75) is 31.3 Å². The van der Waals surface area contributed by atoms with Gasteiger partial charge in [0.25, 0.3) is 0 Å².